The van der Waals surface area contributed by atoms with E-state index < -0.39 is 44.5 Å². The molecule has 3 aromatic heterocycles. The maximum absolute atomic E-state index is 12.2. The summed E-state index contributed by atoms with van der Waals surface area (Å²) in [6.45, 7) is -0.497. The molecule has 6 N–H and O–H groups in total. The zero-order chi connectivity index (χ0) is 20.1. The summed E-state index contributed by atoms with van der Waals surface area (Å²) >= 11 is 0. The summed E-state index contributed by atoms with van der Waals surface area (Å²) in [5.41, 5.74) is 4.98. The first-order chi connectivity index (χ1) is 13.3. The molecule has 0 spiro atoms. The van der Waals surface area contributed by atoms with E-state index in [1.165, 1.54) is 23.3 Å². The van der Waals surface area contributed by atoms with Crippen molar-refractivity contribution in [2.75, 3.05) is 12.3 Å². The second-order valence-corrected chi connectivity index (χ2v) is 7.75. The maximum Gasteiger partial charge on any atom is 0.437 e. The van der Waals surface area contributed by atoms with Gasteiger partial charge in [0, 0.05) is 12.4 Å². The van der Waals surface area contributed by atoms with Crippen molar-refractivity contribution in [3.63, 3.8) is 0 Å². The van der Waals surface area contributed by atoms with Crippen LogP contribution in [0.25, 0.3) is 11.2 Å². The van der Waals surface area contributed by atoms with Gasteiger partial charge >= 0.3 is 7.75 Å². The number of aromatic nitrogens is 6. The lowest BCUT2D eigenvalue weighted by atomic mass is 10.1. The first-order valence-electron chi connectivity index (χ1n) is 7.98. The molecule has 0 amide bonds. The summed E-state index contributed by atoms with van der Waals surface area (Å²) in [7, 11) is -4.24. The van der Waals surface area contributed by atoms with E-state index in [4.69, 9.17) is 15.0 Å². The number of aliphatic hydroxyl groups excluding tert-OH is 2. The van der Waals surface area contributed by atoms with Gasteiger partial charge in [-0.25, -0.2) is 18.9 Å². The van der Waals surface area contributed by atoms with Gasteiger partial charge < -0.3 is 25.6 Å². The number of nitrogens with one attached hydrogen (secondary N) is 1. The Hall–Kier alpha value is -2.61. The average molecular weight is 413 g/mol. The molecule has 15 heteroatoms. The number of imidazole rings is 2. The van der Waals surface area contributed by atoms with Crippen LogP contribution < -0.4 is 11.3 Å². The Labute approximate surface area is 155 Å². The lowest BCUT2D eigenvalue weighted by Crippen LogP contribution is -2.33. The lowest BCUT2D eigenvalue weighted by molar-refractivity contribution is -0.0487. The van der Waals surface area contributed by atoms with Gasteiger partial charge in [-0.05, 0) is 0 Å². The summed E-state index contributed by atoms with van der Waals surface area (Å²) in [5, 5.41) is 20.6. The first kappa shape index (κ1) is 18.7. The van der Waals surface area contributed by atoms with Crippen molar-refractivity contribution in [1.82, 2.24) is 28.8 Å². The van der Waals surface area contributed by atoms with E-state index in [0.717, 1.165) is 10.7 Å². The van der Waals surface area contributed by atoms with Crippen molar-refractivity contribution < 1.29 is 28.9 Å². The normalized spacial score (nSPS) is 27.2. The van der Waals surface area contributed by atoms with Crippen LogP contribution in [0.1, 0.15) is 6.23 Å². The van der Waals surface area contributed by atoms with E-state index in [2.05, 4.69) is 19.9 Å². The van der Waals surface area contributed by atoms with Gasteiger partial charge in [0.2, 0.25) is 5.95 Å². The number of nitrogens with two attached hydrogens (primary N) is 1. The zero-order valence-electron chi connectivity index (χ0n) is 14.1. The van der Waals surface area contributed by atoms with E-state index in [1.807, 2.05) is 0 Å². The number of H-pyrrole nitrogens is 1. The standard InChI is InChI=1S/C13H16N7O7P/c14-13-17-10-7(11(23)18-13)16-5-20(10)12-9(22)8(21)6(27-12)3-26-28(24,25)19-2-1-15-4-19/h1-2,4-6,8-9,12,21-22H,3H2,(H,24,25)(H3,14,17,18,23)/t6-,8+,9?,12-/m1/s1. The van der Waals surface area contributed by atoms with Crippen LogP contribution >= 0.6 is 7.75 Å². The van der Waals surface area contributed by atoms with Crippen LogP contribution in [0.15, 0.2) is 29.8 Å². The molecule has 1 saturated heterocycles. The highest BCUT2D eigenvalue weighted by Crippen LogP contribution is 2.44. The summed E-state index contributed by atoms with van der Waals surface area (Å²) in [6, 6.07) is 0. The van der Waals surface area contributed by atoms with Crippen molar-refractivity contribution in [2.45, 2.75) is 24.5 Å². The molecular formula is C13H16N7O7P. The van der Waals surface area contributed by atoms with Crippen molar-refractivity contribution >= 4 is 24.9 Å². The van der Waals surface area contributed by atoms with Crippen LogP contribution in [0.5, 0.6) is 0 Å². The van der Waals surface area contributed by atoms with Crippen LogP contribution in [-0.4, -0.2) is 68.9 Å². The van der Waals surface area contributed by atoms with Crippen molar-refractivity contribution in [3.05, 3.63) is 35.4 Å². The maximum atomic E-state index is 12.2. The molecule has 4 rings (SSSR count). The summed E-state index contributed by atoms with van der Waals surface area (Å²) in [4.78, 5) is 35.6. The number of nitrogens with zero attached hydrogens (tertiary/aromatic N) is 5. The Morgan fingerprint density at radius 1 is 1.36 bits per heavy atom. The molecule has 14 nitrogen and oxygen atoms in total. The molecule has 1 aliphatic rings. The molecule has 0 aromatic carbocycles. The number of rotatable bonds is 5. The topological polar surface area (TPSA) is 204 Å². The Morgan fingerprint density at radius 3 is 2.86 bits per heavy atom. The van der Waals surface area contributed by atoms with Crippen LogP contribution in [0, 0.1) is 0 Å². The third kappa shape index (κ3) is 3.11. The molecule has 28 heavy (non-hydrogen) atoms. The third-order valence-corrected chi connectivity index (χ3v) is 5.56. The fourth-order valence-corrected chi connectivity index (χ4v) is 3.76. The number of hydrogen-bond acceptors (Lipinski definition) is 10. The van der Waals surface area contributed by atoms with E-state index in [-0.39, 0.29) is 17.1 Å². The minimum Gasteiger partial charge on any atom is -0.387 e. The van der Waals surface area contributed by atoms with Crippen LogP contribution in [0.2, 0.25) is 0 Å². The number of anilines is 1. The van der Waals surface area contributed by atoms with Gasteiger partial charge in [-0.1, -0.05) is 0 Å². The van der Waals surface area contributed by atoms with E-state index in [1.54, 1.807) is 0 Å². The summed E-state index contributed by atoms with van der Waals surface area (Å²) < 4.78 is 24.8. The molecule has 5 atom stereocenters. The minimum absolute atomic E-state index is 0.0286. The zero-order valence-corrected chi connectivity index (χ0v) is 15.0. The molecule has 3 aromatic rings. The molecular weight excluding hydrogens is 397 g/mol. The first-order valence-corrected chi connectivity index (χ1v) is 9.51. The van der Waals surface area contributed by atoms with Crippen LogP contribution in [0.4, 0.5) is 5.95 Å². The molecule has 1 fully saturated rings. The SMILES string of the molecule is Nc1nc2c(ncn2[C@@H]2O[C@H](COP(=O)(O)n3ccnc3)[C@H](O)C2O)c(=O)[nH]1. The van der Waals surface area contributed by atoms with Gasteiger partial charge in [0.25, 0.3) is 5.56 Å². The van der Waals surface area contributed by atoms with Crippen LogP contribution in [-0.2, 0) is 13.8 Å². The molecule has 0 bridgehead atoms. The number of aliphatic hydroxyl groups is 2. The van der Waals surface area contributed by atoms with Crippen molar-refractivity contribution in [3.8, 4) is 0 Å². The van der Waals surface area contributed by atoms with Gasteiger partial charge in [-0.3, -0.25) is 18.9 Å². The summed E-state index contributed by atoms with van der Waals surface area (Å²) in [5.74, 6) is -0.159. The number of aromatic amines is 1. The predicted molar refractivity (Wildman–Crippen MR) is 91.9 cm³/mol. The number of fused-ring (bicyclic) bond motifs is 1. The minimum atomic E-state index is -4.24. The van der Waals surface area contributed by atoms with Gasteiger partial charge in [0.15, 0.2) is 17.4 Å². The molecule has 0 saturated carbocycles. The fraction of sp³-hybridized carbons (Fsp3) is 0.385. The highest BCUT2D eigenvalue weighted by atomic mass is 31.2. The molecule has 150 valence electrons. The Balaban J connectivity index is 1.55. The Bertz CT molecular complexity index is 1100. The predicted octanol–water partition coefficient (Wildman–Crippen LogP) is -1.82. The molecule has 2 unspecified atom stereocenters. The van der Waals surface area contributed by atoms with Crippen LogP contribution in [0.3, 0.4) is 0 Å². The second kappa shape index (κ2) is 6.77. The fourth-order valence-electron chi connectivity index (χ4n) is 2.86. The summed E-state index contributed by atoms with van der Waals surface area (Å²) in [6.07, 6.45) is -0.333. The monoisotopic (exact) mass is 413 g/mol. The van der Waals surface area contributed by atoms with Crippen molar-refractivity contribution in [1.29, 1.82) is 0 Å². The van der Waals surface area contributed by atoms with Gasteiger partial charge in [-0.2, -0.15) is 4.98 Å². The highest BCUT2D eigenvalue weighted by Gasteiger charge is 2.45. The Kier molecular flexibility index (Phi) is 4.53. The van der Waals surface area contributed by atoms with Gasteiger partial charge in [0.1, 0.15) is 24.6 Å². The highest BCUT2D eigenvalue weighted by molar-refractivity contribution is 7.51. The van der Waals surface area contributed by atoms with Gasteiger partial charge in [0.05, 0.1) is 12.9 Å². The molecule has 0 radical (unpaired) electrons. The quantitative estimate of drug-likeness (QED) is 0.295. The molecule has 0 aliphatic carbocycles. The largest absolute Gasteiger partial charge is 0.437 e. The van der Waals surface area contributed by atoms with Gasteiger partial charge in [-0.15, -0.1) is 0 Å². The van der Waals surface area contributed by atoms with E-state index >= 15 is 0 Å². The lowest BCUT2D eigenvalue weighted by Gasteiger charge is -2.18. The smallest absolute Gasteiger partial charge is 0.387 e. The number of nitrogen functional groups attached to an aromatic ring is 1. The molecule has 4 heterocycles. The van der Waals surface area contributed by atoms with E-state index in [9.17, 15) is 24.5 Å². The average Bonchev–Trinajstić information content (AvgIpc) is 3.35. The number of ether oxygens (including phenoxy) is 1. The van der Waals surface area contributed by atoms with E-state index in [0.29, 0.717) is 0 Å². The number of hydrogen-bond donors (Lipinski definition) is 5. The molecule has 1 aliphatic heterocycles. The second-order valence-electron chi connectivity index (χ2n) is 6.05. The Morgan fingerprint density at radius 2 is 2.14 bits per heavy atom. The third-order valence-electron chi connectivity index (χ3n) is 4.25. The van der Waals surface area contributed by atoms with Crippen molar-refractivity contribution in [2.24, 2.45) is 0 Å².